The normalized spacial score (nSPS) is 11.2. The third-order valence-corrected chi connectivity index (χ3v) is 10.4. The predicted molar refractivity (Wildman–Crippen MR) is 326 cm³/mol. The van der Waals surface area contributed by atoms with E-state index in [-0.39, 0.29) is 140 Å². The Hall–Kier alpha value is -9.09. The minimum absolute atomic E-state index is 0. The van der Waals surface area contributed by atoms with E-state index >= 15 is 0 Å². The van der Waals surface area contributed by atoms with E-state index in [2.05, 4.69) is 42.5 Å². The number of phenols is 2. The van der Waals surface area contributed by atoms with Gasteiger partial charge in [-0.1, -0.05) is 96.0 Å². The molecule has 0 bridgehead atoms. The van der Waals surface area contributed by atoms with Crippen LogP contribution in [0, 0.1) is 30.3 Å². The highest BCUT2D eigenvalue weighted by molar-refractivity contribution is 9.09. The number of aliphatic carboxylic acids is 1. The van der Waals surface area contributed by atoms with Crippen molar-refractivity contribution in [3.8, 4) is 28.7 Å². The molecule has 5 aromatic rings. The maximum Gasteiger partial charge on any atom is 0.318 e. The Morgan fingerprint density at radius 1 is 0.595 bits per heavy atom. The number of carbonyl (C=O) groups is 7. The van der Waals surface area contributed by atoms with Crippen LogP contribution in [0.15, 0.2) is 97.1 Å². The Balaban J connectivity index is -0.000000211. The summed E-state index contributed by atoms with van der Waals surface area (Å²) in [6, 6.07) is 23.6. The van der Waals surface area contributed by atoms with Crippen LogP contribution in [-0.4, -0.2) is 127 Å². The molecule has 0 saturated carbocycles. The van der Waals surface area contributed by atoms with Crippen molar-refractivity contribution in [2.75, 3.05) is 61.8 Å². The summed E-state index contributed by atoms with van der Waals surface area (Å²) < 4.78 is 20.1. The Morgan fingerprint density at radius 3 is 1.39 bits per heavy atom. The Kier molecular flexibility index (Phi) is 45.7. The average molecular weight is 1320 g/mol. The fourth-order valence-electron chi connectivity index (χ4n) is 5.90. The van der Waals surface area contributed by atoms with Crippen LogP contribution in [-0.2, 0) is 9.53 Å². The van der Waals surface area contributed by atoms with Crippen LogP contribution in [0.4, 0.5) is 27.5 Å². The van der Waals surface area contributed by atoms with E-state index in [1.165, 1.54) is 44.2 Å². The standard InChI is InChI=1S/C10H10N2O3.C8H6BrNO4.C8H7BrO2.C8H5NO4.C8H7NO2.C4H8O.C2H4O2.7CH4.HNO3/c1-11-10(14)12-6-2-3-9-7(4-6)8(13)5-15-9;9-4-8(12)6-3-5(10(13)14)1-2-7(6)11;9-5-8(11)6-3-1-2-4-7(6)10;10-7-4-13-8-2-1-5(9(11)12)3-6(7)8;9-5-1-2-8-6(3-5)7(10)4-11-8;1-2-4-5-3-1;1-2(3)4;;;;;;;;2-1(3)4/h2-4H,5H2,1H3,(H2,11,12,14);1-3,11H,4H2;1-4,10H,5H2;1-3H,4H2;1-3H,4,9H2;1-4H2;1H3,(H,3,4);7*1H4;(H,2,3,4). The number of ether oxygens (including phenoxy) is 4. The number of nitrogen functional groups attached to an aromatic ring is 1. The molecule has 84 heavy (non-hydrogen) atoms. The molecule has 0 unspecified atom stereocenters. The maximum absolute atomic E-state index is 11.3. The van der Waals surface area contributed by atoms with Crippen LogP contribution >= 0.6 is 31.9 Å². The SMILES string of the molecule is C.C.C.C.C.C.C.C1CCOC1.CC(=O)O.CNC(=O)Nc1ccc2c(c1)C(=O)CO2.Nc1ccc2c(c1)C(=O)CO2.O=C(CBr)c1cc([N+](=O)[O-])ccc1O.O=C(CBr)c1ccccc1O.O=C1COc2ccc([N+](=O)[O-])cc21.O=[N+]([O-])O. The second kappa shape index (κ2) is 44.6. The zero-order valence-electron chi connectivity index (χ0n) is 40.5. The molecule has 0 spiro atoms. The van der Waals surface area contributed by atoms with Gasteiger partial charge in [-0.3, -0.25) is 49.0 Å². The summed E-state index contributed by atoms with van der Waals surface area (Å²) in [4.78, 5) is 104. The van der Waals surface area contributed by atoms with Gasteiger partial charge in [-0.05, 0) is 73.5 Å². The number of carboxylic acid groups (broad SMARTS) is 1. The summed E-state index contributed by atoms with van der Waals surface area (Å²) in [5, 5.41) is 65.5. The number of para-hydroxylation sites is 1. The number of non-ortho nitro benzene ring substituents is 2. The van der Waals surface area contributed by atoms with Crippen molar-refractivity contribution in [1.29, 1.82) is 0 Å². The number of amides is 2. The molecule has 5 aromatic carbocycles. The molecular weight excluding hydrogens is 1240 g/mol. The van der Waals surface area contributed by atoms with Gasteiger partial charge in [0.1, 0.15) is 28.7 Å². The number of nitro benzene ring substituents is 2. The van der Waals surface area contributed by atoms with Crippen LogP contribution in [0.25, 0.3) is 0 Å². The Morgan fingerprint density at radius 2 is 0.976 bits per heavy atom. The van der Waals surface area contributed by atoms with Gasteiger partial charge in [0.05, 0.1) is 48.3 Å². The van der Waals surface area contributed by atoms with Gasteiger partial charge < -0.3 is 55.8 Å². The largest absolute Gasteiger partial charge is 0.507 e. The van der Waals surface area contributed by atoms with E-state index in [4.69, 9.17) is 49.9 Å². The molecule has 29 heteroatoms. The number of aromatic hydroxyl groups is 2. The number of nitrogens with one attached hydrogen (secondary N) is 2. The number of nitro groups is 2. The Bertz CT molecular complexity index is 2930. The number of rotatable bonds is 7. The lowest BCUT2D eigenvalue weighted by atomic mass is 10.1. The highest BCUT2D eigenvalue weighted by atomic mass is 79.9. The quantitative estimate of drug-likeness (QED) is 0.0262. The lowest BCUT2D eigenvalue weighted by Crippen LogP contribution is -2.24. The van der Waals surface area contributed by atoms with E-state index in [0.717, 1.165) is 38.3 Å². The predicted octanol–water partition coefficient (Wildman–Crippen LogP) is 11.9. The highest BCUT2D eigenvalue weighted by Gasteiger charge is 2.24. The summed E-state index contributed by atoms with van der Waals surface area (Å²) in [6.07, 6.45) is 2.56. The second-order valence-corrected chi connectivity index (χ2v) is 16.0. The van der Waals surface area contributed by atoms with Crippen LogP contribution in [0.1, 0.15) is 124 Å². The van der Waals surface area contributed by atoms with E-state index in [1.807, 2.05) is 0 Å². The van der Waals surface area contributed by atoms with E-state index in [1.54, 1.807) is 54.6 Å². The van der Waals surface area contributed by atoms with Crippen LogP contribution in [0.2, 0.25) is 0 Å². The third kappa shape index (κ3) is 30.1. The van der Waals surface area contributed by atoms with Gasteiger partial charge >= 0.3 is 6.03 Å². The lowest BCUT2D eigenvalue weighted by molar-refractivity contribution is -0.742. The number of alkyl halides is 2. The minimum atomic E-state index is -1.50. The van der Waals surface area contributed by atoms with Crippen LogP contribution in [0.3, 0.4) is 0 Å². The van der Waals surface area contributed by atoms with Crippen molar-refractivity contribution in [2.45, 2.75) is 71.8 Å². The van der Waals surface area contributed by atoms with Gasteiger partial charge in [0.25, 0.3) is 22.4 Å². The van der Waals surface area contributed by atoms with Gasteiger partial charge in [-0.15, -0.1) is 10.1 Å². The van der Waals surface area contributed by atoms with Gasteiger partial charge in [0.2, 0.25) is 17.3 Å². The highest BCUT2D eigenvalue weighted by Crippen LogP contribution is 2.30. The summed E-state index contributed by atoms with van der Waals surface area (Å²) in [5.41, 5.74) is 8.10. The zero-order valence-corrected chi connectivity index (χ0v) is 43.7. The molecular formula is C55H76Br2N6O21. The van der Waals surface area contributed by atoms with Crippen molar-refractivity contribution < 1.29 is 88.0 Å². The average Bonchev–Trinajstić information content (AvgIpc) is 4.34. The van der Waals surface area contributed by atoms with Crippen molar-refractivity contribution in [1.82, 2.24) is 5.32 Å². The number of carbonyl (C=O) groups excluding carboxylic acids is 6. The van der Waals surface area contributed by atoms with Gasteiger partial charge in [-0.2, -0.15) is 0 Å². The molecule has 27 nitrogen and oxygen atoms in total. The summed E-state index contributed by atoms with van der Waals surface area (Å²) in [5.74, 6) is -0.176. The number of urea groups is 1. The number of ketones is 5. The van der Waals surface area contributed by atoms with Crippen molar-refractivity contribution in [2.24, 2.45) is 0 Å². The first-order valence-electron chi connectivity index (χ1n) is 21.8. The number of carboxylic acids is 1. The molecule has 4 heterocycles. The summed E-state index contributed by atoms with van der Waals surface area (Å²) >= 11 is 5.94. The molecule has 8 N–H and O–H groups in total. The topological polar surface area (TPSA) is 417 Å². The van der Waals surface area contributed by atoms with Crippen molar-refractivity contribution in [3.63, 3.8) is 0 Å². The molecule has 1 saturated heterocycles. The zero-order chi connectivity index (χ0) is 57.8. The van der Waals surface area contributed by atoms with Crippen LogP contribution < -0.4 is 30.6 Å². The minimum Gasteiger partial charge on any atom is -0.507 e. The third-order valence-electron chi connectivity index (χ3n) is 9.39. The van der Waals surface area contributed by atoms with Gasteiger partial charge in [-0.25, -0.2) is 4.79 Å². The molecule has 2 amide bonds. The Labute approximate surface area is 504 Å². The van der Waals surface area contributed by atoms with Gasteiger partial charge in [0, 0.05) is 62.8 Å². The summed E-state index contributed by atoms with van der Waals surface area (Å²) in [6.45, 7) is 3.30. The number of hydrogen-bond donors (Lipinski definition) is 7. The number of fused-ring (bicyclic) bond motifs is 3. The van der Waals surface area contributed by atoms with E-state index in [9.17, 15) is 59.2 Å². The molecule has 466 valence electrons. The second-order valence-electron chi connectivity index (χ2n) is 14.9. The van der Waals surface area contributed by atoms with Crippen LogP contribution in [0.5, 0.6) is 28.7 Å². The van der Waals surface area contributed by atoms with Crippen molar-refractivity contribution in [3.05, 3.63) is 155 Å². The number of halogens is 2. The summed E-state index contributed by atoms with van der Waals surface area (Å²) in [7, 11) is 1.52. The first-order valence-corrected chi connectivity index (χ1v) is 24.0. The number of anilines is 2. The number of hydrogen-bond acceptors (Lipinski definition) is 20. The smallest absolute Gasteiger partial charge is 0.318 e. The van der Waals surface area contributed by atoms with E-state index < -0.39 is 26.7 Å². The number of phenolic OH excluding ortho intramolecular Hbond substituents is 2. The number of nitrogens with two attached hydrogens (primary N) is 1. The monoisotopic (exact) mass is 1310 g/mol. The number of Topliss-reactive ketones (excluding diaryl/α,β-unsaturated/α-hetero) is 5. The van der Waals surface area contributed by atoms with Crippen molar-refractivity contribution >= 4 is 95.5 Å². The lowest BCUT2D eigenvalue weighted by Gasteiger charge is -2.05. The fourth-order valence-corrected chi connectivity index (χ4v) is 6.50. The van der Waals surface area contributed by atoms with Gasteiger partial charge in [0.15, 0.2) is 31.4 Å². The molecule has 9 rings (SSSR count). The number of nitrogens with zero attached hydrogens (tertiary/aromatic N) is 3. The number of benzene rings is 5. The first kappa shape index (κ1) is 86.2. The molecule has 4 aliphatic rings. The fraction of sp³-hybridized carbons (Fsp3) is 0.327. The first-order chi connectivity index (χ1) is 36.4. The molecule has 0 aliphatic carbocycles. The molecule has 0 atom stereocenters. The maximum atomic E-state index is 11.3. The molecule has 0 aromatic heterocycles. The molecule has 1 fully saturated rings. The molecule has 4 aliphatic heterocycles. The van der Waals surface area contributed by atoms with E-state index in [0.29, 0.717) is 50.9 Å². The molecule has 0 radical (unpaired) electrons.